The molecule has 0 aliphatic rings. The third-order valence-electron chi connectivity index (χ3n) is 4.27. The number of hydrogen-bond acceptors (Lipinski definition) is 5. The predicted molar refractivity (Wildman–Crippen MR) is 121 cm³/mol. The van der Waals surface area contributed by atoms with Gasteiger partial charge in [0.05, 0.1) is 30.0 Å². The lowest BCUT2D eigenvalue weighted by atomic mass is 10.2. The molecule has 0 bridgehead atoms. The Hall–Kier alpha value is -3.23. The molecular weight excluding hydrogens is 440 g/mol. The van der Waals surface area contributed by atoms with E-state index in [1.807, 2.05) is 6.92 Å². The van der Waals surface area contributed by atoms with Gasteiger partial charge in [-0.05, 0) is 61.5 Å². The maximum atomic E-state index is 13.0. The molecule has 0 saturated carbocycles. The fraction of sp³-hybridized carbons (Fsp3) is 0.136. The number of nitrogens with one attached hydrogen (secondary N) is 2. The minimum atomic E-state index is -3.96. The quantitative estimate of drug-likeness (QED) is 0.503. The SMILES string of the molecule is CCOc1ccccc1NS(=O)(=O)c1ccc(OC)c(NC(=O)c2ccc(Cl)cc2)c1. The molecule has 0 aliphatic carbocycles. The van der Waals surface area contributed by atoms with Crippen molar-refractivity contribution in [3.63, 3.8) is 0 Å². The van der Waals surface area contributed by atoms with Crippen molar-refractivity contribution in [1.82, 2.24) is 0 Å². The number of ether oxygens (including phenoxy) is 2. The molecule has 0 saturated heterocycles. The highest BCUT2D eigenvalue weighted by Gasteiger charge is 2.20. The first-order chi connectivity index (χ1) is 14.8. The van der Waals surface area contributed by atoms with Gasteiger partial charge in [-0.25, -0.2) is 8.42 Å². The van der Waals surface area contributed by atoms with Crippen molar-refractivity contribution in [2.75, 3.05) is 23.8 Å². The van der Waals surface area contributed by atoms with Crippen LogP contribution in [0.4, 0.5) is 11.4 Å². The van der Waals surface area contributed by atoms with E-state index < -0.39 is 15.9 Å². The molecular formula is C22H21ClN2O5S. The topological polar surface area (TPSA) is 93.7 Å². The van der Waals surface area contributed by atoms with Gasteiger partial charge >= 0.3 is 0 Å². The van der Waals surface area contributed by atoms with E-state index in [4.69, 9.17) is 21.1 Å². The van der Waals surface area contributed by atoms with Crippen LogP contribution in [-0.2, 0) is 10.0 Å². The highest BCUT2D eigenvalue weighted by Crippen LogP contribution is 2.31. The average Bonchev–Trinajstić information content (AvgIpc) is 2.75. The summed E-state index contributed by atoms with van der Waals surface area (Å²) in [6.45, 7) is 2.20. The molecule has 0 aliphatic heterocycles. The lowest BCUT2D eigenvalue weighted by Gasteiger charge is -2.15. The van der Waals surface area contributed by atoms with Gasteiger partial charge in [-0.3, -0.25) is 9.52 Å². The van der Waals surface area contributed by atoms with Crippen molar-refractivity contribution in [2.45, 2.75) is 11.8 Å². The van der Waals surface area contributed by atoms with Gasteiger partial charge in [0, 0.05) is 10.6 Å². The van der Waals surface area contributed by atoms with Crippen LogP contribution in [0.1, 0.15) is 17.3 Å². The Morgan fingerprint density at radius 2 is 1.68 bits per heavy atom. The van der Waals surface area contributed by atoms with Gasteiger partial charge in [0.25, 0.3) is 15.9 Å². The number of para-hydroxylation sites is 2. The summed E-state index contributed by atoms with van der Waals surface area (Å²) in [5.41, 5.74) is 0.888. The van der Waals surface area contributed by atoms with E-state index in [0.29, 0.717) is 34.4 Å². The third kappa shape index (κ3) is 5.48. The maximum absolute atomic E-state index is 13.0. The normalized spacial score (nSPS) is 10.9. The summed E-state index contributed by atoms with van der Waals surface area (Å²) in [7, 11) is -2.53. The number of benzene rings is 3. The molecule has 31 heavy (non-hydrogen) atoms. The number of halogens is 1. The van der Waals surface area contributed by atoms with Crippen LogP contribution in [0.25, 0.3) is 0 Å². The van der Waals surface area contributed by atoms with E-state index in [9.17, 15) is 13.2 Å². The minimum absolute atomic E-state index is 0.0500. The molecule has 162 valence electrons. The van der Waals surface area contributed by atoms with Crippen LogP contribution in [0.3, 0.4) is 0 Å². The molecule has 9 heteroatoms. The van der Waals surface area contributed by atoms with Crippen molar-refractivity contribution in [2.24, 2.45) is 0 Å². The van der Waals surface area contributed by atoms with Gasteiger partial charge in [0.1, 0.15) is 11.5 Å². The molecule has 0 heterocycles. The third-order valence-corrected chi connectivity index (χ3v) is 5.88. The highest BCUT2D eigenvalue weighted by molar-refractivity contribution is 7.92. The van der Waals surface area contributed by atoms with Gasteiger partial charge in [0.15, 0.2) is 0 Å². The van der Waals surface area contributed by atoms with E-state index in [-0.39, 0.29) is 10.6 Å². The molecule has 0 atom stereocenters. The van der Waals surface area contributed by atoms with Crippen molar-refractivity contribution >= 4 is 38.9 Å². The number of amides is 1. The number of carbonyl (C=O) groups excluding carboxylic acids is 1. The van der Waals surface area contributed by atoms with Crippen LogP contribution in [0.15, 0.2) is 71.6 Å². The fourth-order valence-electron chi connectivity index (χ4n) is 2.78. The molecule has 3 aromatic carbocycles. The lowest BCUT2D eigenvalue weighted by Crippen LogP contribution is -2.16. The molecule has 0 fully saturated rings. The Labute approximate surface area is 186 Å². The van der Waals surface area contributed by atoms with Crippen LogP contribution in [0.5, 0.6) is 11.5 Å². The van der Waals surface area contributed by atoms with E-state index in [1.54, 1.807) is 48.5 Å². The van der Waals surface area contributed by atoms with Gasteiger partial charge in [-0.2, -0.15) is 0 Å². The first-order valence-electron chi connectivity index (χ1n) is 9.33. The second-order valence-corrected chi connectivity index (χ2v) is 8.48. The molecule has 0 aromatic heterocycles. The smallest absolute Gasteiger partial charge is 0.262 e. The van der Waals surface area contributed by atoms with Gasteiger partial charge < -0.3 is 14.8 Å². The lowest BCUT2D eigenvalue weighted by molar-refractivity contribution is 0.102. The summed E-state index contributed by atoms with van der Waals surface area (Å²) in [4.78, 5) is 12.5. The number of rotatable bonds is 8. The standard InChI is InChI=1S/C22H21ClN2O5S/c1-3-30-21-7-5-4-6-18(21)25-31(27,28)17-12-13-20(29-2)19(14-17)24-22(26)15-8-10-16(23)11-9-15/h4-14,25H,3H2,1-2H3,(H,24,26). The minimum Gasteiger partial charge on any atom is -0.495 e. The van der Waals surface area contributed by atoms with Crippen LogP contribution in [0, 0.1) is 0 Å². The van der Waals surface area contributed by atoms with Gasteiger partial charge in [-0.15, -0.1) is 0 Å². The summed E-state index contributed by atoms with van der Waals surface area (Å²) in [6, 6.07) is 17.2. The largest absolute Gasteiger partial charge is 0.495 e. The Balaban J connectivity index is 1.90. The van der Waals surface area contributed by atoms with Crippen LogP contribution in [-0.4, -0.2) is 28.0 Å². The number of hydrogen-bond donors (Lipinski definition) is 2. The first kappa shape index (κ1) is 22.5. The molecule has 1 amide bonds. The molecule has 3 aromatic rings. The molecule has 7 nitrogen and oxygen atoms in total. The van der Waals surface area contributed by atoms with E-state index in [2.05, 4.69) is 10.0 Å². The van der Waals surface area contributed by atoms with Crippen LogP contribution >= 0.6 is 11.6 Å². The van der Waals surface area contributed by atoms with Crippen molar-refractivity contribution in [1.29, 1.82) is 0 Å². The predicted octanol–water partition coefficient (Wildman–Crippen LogP) is 4.80. The molecule has 3 rings (SSSR count). The Morgan fingerprint density at radius 3 is 2.35 bits per heavy atom. The average molecular weight is 461 g/mol. The van der Waals surface area contributed by atoms with Crippen LogP contribution in [0.2, 0.25) is 5.02 Å². The monoisotopic (exact) mass is 460 g/mol. The number of methoxy groups -OCH3 is 1. The second kappa shape index (κ2) is 9.72. The number of carbonyl (C=O) groups is 1. The van der Waals surface area contributed by atoms with Crippen molar-refractivity contribution in [3.8, 4) is 11.5 Å². The van der Waals surface area contributed by atoms with E-state index >= 15 is 0 Å². The second-order valence-electron chi connectivity index (χ2n) is 6.36. The summed E-state index contributed by atoms with van der Waals surface area (Å²) >= 11 is 5.86. The molecule has 0 radical (unpaired) electrons. The summed E-state index contributed by atoms with van der Waals surface area (Å²) < 4.78 is 39.2. The zero-order valence-electron chi connectivity index (χ0n) is 16.9. The Bertz CT molecular complexity index is 1180. The van der Waals surface area contributed by atoms with Crippen molar-refractivity contribution in [3.05, 3.63) is 77.3 Å². The summed E-state index contributed by atoms with van der Waals surface area (Å²) in [5.74, 6) is 0.300. The zero-order valence-corrected chi connectivity index (χ0v) is 18.5. The summed E-state index contributed by atoms with van der Waals surface area (Å²) in [6.07, 6.45) is 0. The van der Waals surface area contributed by atoms with Crippen LogP contribution < -0.4 is 19.5 Å². The summed E-state index contributed by atoms with van der Waals surface area (Å²) in [5, 5.41) is 3.18. The number of anilines is 2. The highest BCUT2D eigenvalue weighted by atomic mass is 35.5. The fourth-order valence-corrected chi connectivity index (χ4v) is 4.01. The van der Waals surface area contributed by atoms with E-state index in [1.165, 1.54) is 25.3 Å². The molecule has 0 unspecified atom stereocenters. The van der Waals surface area contributed by atoms with Crippen molar-refractivity contribution < 1.29 is 22.7 Å². The maximum Gasteiger partial charge on any atom is 0.262 e. The Kier molecular flexibility index (Phi) is 7.04. The Morgan fingerprint density at radius 1 is 0.968 bits per heavy atom. The molecule has 2 N–H and O–H groups in total. The van der Waals surface area contributed by atoms with Gasteiger partial charge in [0.2, 0.25) is 0 Å². The van der Waals surface area contributed by atoms with E-state index in [0.717, 1.165) is 0 Å². The van der Waals surface area contributed by atoms with Gasteiger partial charge in [-0.1, -0.05) is 23.7 Å². The zero-order chi connectivity index (χ0) is 22.4. The number of sulfonamides is 1. The molecule has 0 spiro atoms. The first-order valence-corrected chi connectivity index (χ1v) is 11.2.